The molecular formula is C15H23NO. The summed E-state index contributed by atoms with van der Waals surface area (Å²) in [5.74, 6) is 1.04. The summed E-state index contributed by atoms with van der Waals surface area (Å²) in [6.07, 6.45) is 6.45. The molecule has 1 aromatic rings. The van der Waals surface area contributed by atoms with Crippen molar-refractivity contribution >= 4 is 0 Å². The quantitative estimate of drug-likeness (QED) is 0.781. The first kappa shape index (κ1) is 12.4. The molecule has 2 nitrogen and oxygen atoms in total. The van der Waals surface area contributed by atoms with Crippen molar-refractivity contribution in [3.05, 3.63) is 29.8 Å². The minimum Gasteiger partial charge on any atom is -0.490 e. The van der Waals surface area contributed by atoms with Crippen LogP contribution in [0.4, 0.5) is 0 Å². The summed E-state index contributed by atoms with van der Waals surface area (Å²) < 4.78 is 5.81. The fourth-order valence-electron chi connectivity index (χ4n) is 2.05. The zero-order valence-electron chi connectivity index (χ0n) is 10.9. The molecule has 1 saturated carbocycles. The molecule has 1 atom stereocenters. The summed E-state index contributed by atoms with van der Waals surface area (Å²) in [7, 11) is 2.04. The normalized spacial score (nSPS) is 16.8. The van der Waals surface area contributed by atoms with E-state index in [1.54, 1.807) is 0 Å². The Morgan fingerprint density at radius 3 is 2.88 bits per heavy atom. The Morgan fingerprint density at radius 2 is 2.24 bits per heavy atom. The Morgan fingerprint density at radius 1 is 1.41 bits per heavy atom. The first-order chi connectivity index (χ1) is 8.31. The second-order valence-electron chi connectivity index (χ2n) is 4.90. The molecule has 0 saturated heterocycles. The van der Waals surface area contributed by atoms with Crippen LogP contribution in [0, 0.1) is 0 Å². The largest absolute Gasteiger partial charge is 0.490 e. The summed E-state index contributed by atoms with van der Waals surface area (Å²) in [6, 6.07) is 9.19. The minimum atomic E-state index is 0.492. The molecule has 1 unspecified atom stereocenters. The number of rotatable bonds is 7. The van der Waals surface area contributed by atoms with Gasteiger partial charge in [-0.1, -0.05) is 19.1 Å². The molecule has 0 aromatic heterocycles. The molecule has 1 aliphatic rings. The highest BCUT2D eigenvalue weighted by Crippen LogP contribution is 2.27. The molecule has 1 N–H and O–H groups in total. The molecular weight excluding hydrogens is 210 g/mol. The molecule has 0 spiro atoms. The highest BCUT2D eigenvalue weighted by atomic mass is 16.5. The minimum absolute atomic E-state index is 0.492. The van der Waals surface area contributed by atoms with Gasteiger partial charge >= 0.3 is 0 Å². The SMILES string of the molecule is CCC(CCc1cccc(OC2CC2)c1)NC. The van der Waals surface area contributed by atoms with Gasteiger partial charge in [0.2, 0.25) is 0 Å². The van der Waals surface area contributed by atoms with Gasteiger partial charge in [-0.05, 0) is 56.8 Å². The monoisotopic (exact) mass is 233 g/mol. The van der Waals surface area contributed by atoms with Crippen LogP contribution in [0.15, 0.2) is 24.3 Å². The molecule has 0 heterocycles. The fraction of sp³-hybridized carbons (Fsp3) is 0.600. The lowest BCUT2D eigenvalue weighted by Gasteiger charge is -2.13. The molecule has 0 amide bonds. The first-order valence-electron chi connectivity index (χ1n) is 6.74. The van der Waals surface area contributed by atoms with Gasteiger partial charge in [0.25, 0.3) is 0 Å². The third-order valence-corrected chi connectivity index (χ3v) is 3.41. The summed E-state index contributed by atoms with van der Waals surface area (Å²) >= 11 is 0. The molecule has 17 heavy (non-hydrogen) atoms. The van der Waals surface area contributed by atoms with Crippen molar-refractivity contribution in [3.63, 3.8) is 0 Å². The number of ether oxygens (including phenoxy) is 1. The maximum atomic E-state index is 5.81. The maximum absolute atomic E-state index is 5.81. The van der Waals surface area contributed by atoms with E-state index in [1.165, 1.54) is 31.2 Å². The van der Waals surface area contributed by atoms with Crippen LogP contribution in [0.1, 0.15) is 38.2 Å². The molecule has 0 radical (unpaired) electrons. The fourth-order valence-corrected chi connectivity index (χ4v) is 2.05. The van der Waals surface area contributed by atoms with Gasteiger partial charge in [0.15, 0.2) is 0 Å². The van der Waals surface area contributed by atoms with Crippen LogP contribution in [0.5, 0.6) is 5.75 Å². The number of nitrogens with one attached hydrogen (secondary N) is 1. The molecule has 2 heteroatoms. The Bertz CT molecular complexity index is 343. The summed E-state index contributed by atoms with van der Waals surface area (Å²) in [5, 5.41) is 3.35. The van der Waals surface area contributed by atoms with E-state index in [4.69, 9.17) is 4.74 Å². The Labute approximate surface area is 104 Å². The van der Waals surface area contributed by atoms with Crippen LogP contribution < -0.4 is 10.1 Å². The van der Waals surface area contributed by atoms with Crippen molar-refractivity contribution in [1.29, 1.82) is 0 Å². The first-order valence-corrected chi connectivity index (χ1v) is 6.74. The van der Waals surface area contributed by atoms with Crippen LogP contribution in [0.25, 0.3) is 0 Å². The smallest absolute Gasteiger partial charge is 0.119 e. The maximum Gasteiger partial charge on any atom is 0.119 e. The van der Waals surface area contributed by atoms with Gasteiger partial charge in [0, 0.05) is 6.04 Å². The highest BCUT2D eigenvalue weighted by Gasteiger charge is 2.23. The second kappa shape index (κ2) is 6.06. The van der Waals surface area contributed by atoms with Crippen molar-refractivity contribution in [2.24, 2.45) is 0 Å². The number of benzene rings is 1. The zero-order chi connectivity index (χ0) is 12.1. The standard InChI is InChI=1S/C15H23NO/c1-3-13(16-2)8-7-12-5-4-6-15(11-12)17-14-9-10-14/h4-6,11,13-14,16H,3,7-10H2,1-2H3. The van der Waals surface area contributed by atoms with E-state index in [-0.39, 0.29) is 0 Å². The van der Waals surface area contributed by atoms with E-state index < -0.39 is 0 Å². The number of hydrogen-bond donors (Lipinski definition) is 1. The molecule has 94 valence electrons. The van der Waals surface area contributed by atoms with Crippen LogP contribution in [-0.2, 0) is 6.42 Å². The van der Waals surface area contributed by atoms with Gasteiger partial charge in [-0.3, -0.25) is 0 Å². The lowest BCUT2D eigenvalue weighted by atomic mass is 10.0. The molecule has 0 bridgehead atoms. The van der Waals surface area contributed by atoms with Crippen molar-refractivity contribution in [2.45, 2.75) is 51.2 Å². The van der Waals surface area contributed by atoms with Crippen LogP contribution in [0.3, 0.4) is 0 Å². The van der Waals surface area contributed by atoms with E-state index in [2.05, 4.69) is 36.5 Å². The van der Waals surface area contributed by atoms with Gasteiger partial charge in [0.05, 0.1) is 6.10 Å². The highest BCUT2D eigenvalue weighted by molar-refractivity contribution is 5.29. The van der Waals surface area contributed by atoms with Gasteiger partial charge in [0.1, 0.15) is 5.75 Å². The number of aryl methyl sites for hydroxylation is 1. The van der Waals surface area contributed by atoms with Crippen molar-refractivity contribution in [2.75, 3.05) is 7.05 Å². The second-order valence-corrected chi connectivity index (χ2v) is 4.90. The molecule has 1 aliphatic carbocycles. The van der Waals surface area contributed by atoms with Crippen molar-refractivity contribution < 1.29 is 4.74 Å². The third-order valence-electron chi connectivity index (χ3n) is 3.41. The topological polar surface area (TPSA) is 21.3 Å². The average Bonchev–Trinajstić information content (AvgIpc) is 3.15. The van der Waals surface area contributed by atoms with Gasteiger partial charge in [-0.25, -0.2) is 0 Å². The molecule has 1 aromatic carbocycles. The molecule has 2 rings (SSSR count). The lowest BCUT2D eigenvalue weighted by Crippen LogP contribution is -2.24. The lowest BCUT2D eigenvalue weighted by molar-refractivity contribution is 0.303. The van der Waals surface area contributed by atoms with Crippen LogP contribution in [0.2, 0.25) is 0 Å². The summed E-state index contributed by atoms with van der Waals surface area (Å²) in [4.78, 5) is 0. The Balaban J connectivity index is 1.86. The summed E-state index contributed by atoms with van der Waals surface area (Å²) in [6.45, 7) is 2.23. The predicted octanol–water partition coefficient (Wildman–Crippen LogP) is 3.16. The van der Waals surface area contributed by atoms with Crippen LogP contribution in [-0.4, -0.2) is 19.2 Å². The summed E-state index contributed by atoms with van der Waals surface area (Å²) in [5.41, 5.74) is 1.39. The predicted molar refractivity (Wildman–Crippen MR) is 71.6 cm³/mol. The average molecular weight is 233 g/mol. The van der Waals surface area contributed by atoms with E-state index >= 15 is 0 Å². The molecule has 0 aliphatic heterocycles. The van der Waals surface area contributed by atoms with Crippen LogP contribution >= 0.6 is 0 Å². The number of hydrogen-bond acceptors (Lipinski definition) is 2. The molecule has 1 fully saturated rings. The van der Waals surface area contributed by atoms with E-state index in [0.29, 0.717) is 12.1 Å². The van der Waals surface area contributed by atoms with Gasteiger partial charge in [-0.15, -0.1) is 0 Å². The van der Waals surface area contributed by atoms with Gasteiger partial charge in [-0.2, -0.15) is 0 Å². The van der Waals surface area contributed by atoms with E-state index in [9.17, 15) is 0 Å². The van der Waals surface area contributed by atoms with Crippen molar-refractivity contribution in [3.8, 4) is 5.75 Å². The van der Waals surface area contributed by atoms with Crippen molar-refractivity contribution in [1.82, 2.24) is 5.32 Å². The Kier molecular flexibility index (Phi) is 4.43. The van der Waals surface area contributed by atoms with E-state index in [0.717, 1.165) is 12.2 Å². The zero-order valence-corrected chi connectivity index (χ0v) is 10.9. The van der Waals surface area contributed by atoms with E-state index in [1.807, 2.05) is 7.05 Å². The third kappa shape index (κ3) is 4.04. The Hall–Kier alpha value is -1.02. The van der Waals surface area contributed by atoms with Gasteiger partial charge < -0.3 is 10.1 Å².